The Labute approximate surface area is 186 Å². The minimum atomic E-state index is -0.298. The second kappa shape index (κ2) is 9.05. The minimum absolute atomic E-state index is 0.178. The standard InChI is InChI=1S/C24H25N5O3/c1-24(2,3)20-15-21(29-32-20)28-22(30)8-7-16-5-4-6-17(13-16)31-18-9-10-25-19(14-18)23-26-11-12-27-23/h4-10,13-15H,11-12H2,1-3H3,(H,26,27)(H,28,29,30)/b8-7+. The number of carbonyl (C=O) groups is 1. The molecule has 3 aromatic rings. The molecule has 0 aliphatic carbocycles. The Kier molecular flexibility index (Phi) is 6.02. The largest absolute Gasteiger partial charge is 0.457 e. The number of pyridine rings is 1. The Morgan fingerprint density at radius 2 is 2.03 bits per heavy atom. The molecule has 3 heterocycles. The van der Waals surface area contributed by atoms with Gasteiger partial charge in [-0.25, -0.2) is 0 Å². The molecule has 8 nitrogen and oxygen atoms in total. The molecule has 0 saturated carbocycles. The van der Waals surface area contributed by atoms with Gasteiger partial charge in [0.1, 0.15) is 28.8 Å². The van der Waals surface area contributed by atoms with E-state index in [4.69, 9.17) is 9.26 Å². The predicted octanol–water partition coefficient (Wildman–Crippen LogP) is 4.16. The lowest BCUT2D eigenvalue weighted by Crippen LogP contribution is -2.20. The SMILES string of the molecule is CC(C)(C)c1cc(NC(=O)/C=C/c2cccc(Oc3ccnc(C4=NCCN4)c3)c2)no1. The third-order valence-electron chi connectivity index (χ3n) is 4.67. The topological polar surface area (TPSA) is 102 Å². The Hall–Kier alpha value is -3.94. The average Bonchev–Trinajstić information content (AvgIpc) is 3.45. The highest BCUT2D eigenvalue weighted by Gasteiger charge is 2.20. The van der Waals surface area contributed by atoms with Gasteiger partial charge in [-0.15, -0.1) is 0 Å². The molecular formula is C24H25N5O3. The highest BCUT2D eigenvalue weighted by molar-refractivity contribution is 6.01. The van der Waals surface area contributed by atoms with Crippen molar-refractivity contribution in [2.75, 3.05) is 18.4 Å². The summed E-state index contributed by atoms with van der Waals surface area (Å²) in [5.41, 5.74) is 1.39. The molecule has 1 amide bonds. The second-order valence-corrected chi connectivity index (χ2v) is 8.36. The number of amides is 1. The number of amidine groups is 1. The van der Waals surface area contributed by atoms with E-state index >= 15 is 0 Å². The molecule has 0 unspecified atom stereocenters. The summed E-state index contributed by atoms with van der Waals surface area (Å²) in [6.07, 6.45) is 4.84. The minimum Gasteiger partial charge on any atom is -0.457 e. The van der Waals surface area contributed by atoms with Gasteiger partial charge in [-0.2, -0.15) is 0 Å². The van der Waals surface area contributed by atoms with Crippen LogP contribution in [0.3, 0.4) is 0 Å². The highest BCUT2D eigenvalue weighted by Crippen LogP contribution is 2.25. The number of ether oxygens (including phenoxy) is 1. The van der Waals surface area contributed by atoms with Crippen LogP contribution in [-0.4, -0.2) is 35.0 Å². The van der Waals surface area contributed by atoms with Crippen molar-refractivity contribution < 1.29 is 14.1 Å². The molecule has 4 rings (SSSR count). The van der Waals surface area contributed by atoms with Gasteiger partial charge in [0.25, 0.3) is 0 Å². The molecule has 0 saturated heterocycles. The van der Waals surface area contributed by atoms with Crippen molar-refractivity contribution in [1.29, 1.82) is 0 Å². The number of rotatable bonds is 6. The Morgan fingerprint density at radius 3 is 2.78 bits per heavy atom. The molecular weight excluding hydrogens is 406 g/mol. The van der Waals surface area contributed by atoms with Crippen molar-refractivity contribution in [1.82, 2.24) is 15.5 Å². The van der Waals surface area contributed by atoms with E-state index in [1.807, 2.05) is 51.1 Å². The number of hydrogen-bond acceptors (Lipinski definition) is 7. The molecule has 164 valence electrons. The maximum atomic E-state index is 12.2. The van der Waals surface area contributed by atoms with E-state index in [-0.39, 0.29) is 11.3 Å². The number of nitrogens with zero attached hydrogens (tertiary/aromatic N) is 3. The second-order valence-electron chi connectivity index (χ2n) is 8.36. The number of benzene rings is 1. The van der Waals surface area contributed by atoms with Gasteiger partial charge in [0.05, 0.1) is 6.54 Å². The van der Waals surface area contributed by atoms with Gasteiger partial charge >= 0.3 is 0 Å². The summed E-state index contributed by atoms with van der Waals surface area (Å²) >= 11 is 0. The van der Waals surface area contributed by atoms with Gasteiger partial charge in [-0.3, -0.25) is 14.8 Å². The highest BCUT2D eigenvalue weighted by atomic mass is 16.5. The molecule has 0 spiro atoms. The monoisotopic (exact) mass is 431 g/mol. The van der Waals surface area contributed by atoms with Crippen LogP contribution in [-0.2, 0) is 10.2 Å². The van der Waals surface area contributed by atoms with Crippen LogP contribution in [0.5, 0.6) is 11.5 Å². The van der Waals surface area contributed by atoms with E-state index in [1.54, 1.807) is 24.4 Å². The van der Waals surface area contributed by atoms with Crippen molar-refractivity contribution in [2.45, 2.75) is 26.2 Å². The molecule has 1 aliphatic rings. The summed E-state index contributed by atoms with van der Waals surface area (Å²) < 4.78 is 11.3. The molecule has 1 aliphatic heterocycles. The van der Waals surface area contributed by atoms with E-state index in [1.165, 1.54) is 6.08 Å². The lowest BCUT2D eigenvalue weighted by atomic mass is 9.93. The van der Waals surface area contributed by atoms with E-state index < -0.39 is 0 Å². The van der Waals surface area contributed by atoms with Gasteiger partial charge in [0, 0.05) is 36.4 Å². The Balaban J connectivity index is 1.39. The number of aromatic nitrogens is 2. The van der Waals surface area contributed by atoms with Crippen LogP contribution in [0.15, 0.2) is 64.3 Å². The molecule has 0 bridgehead atoms. The van der Waals surface area contributed by atoms with Crippen LogP contribution in [0.25, 0.3) is 6.08 Å². The average molecular weight is 431 g/mol. The smallest absolute Gasteiger partial charge is 0.249 e. The van der Waals surface area contributed by atoms with Crippen LogP contribution in [0, 0.1) is 0 Å². The lowest BCUT2D eigenvalue weighted by molar-refractivity contribution is -0.111. The zero-order chi connectivity index (χ0) is 22.6. The molecule has 2 N–H and O–H groups in total. The lowest BCUT2D eigenvalue weighted by Gasteiger charge is -2.11. The van der Waals surface area contributed by atoms with Crippen molar-refractivity contribution in [2.24, 2.45) is 4.99 Å². The van der Waals surface area contributed by atoms with Crippen LogP contribution in [0.2, 0.25) is 0 Å². The van der Waals surface area contributed by atoms with Gasteiger partial charge in [0.15, 0.2) is 5.82 Å². The fourth-order valence-electron chi connectivity index (χ4n) is 3.02. The number of anilines is 1. The molecule has 2 aromatic heterocycles. The van der Waals surface area contributed by atoms with Gasteiger partial charge in [0.2, 0.25) is 5.91 Å². The van der Waals surface area contributed by atoms with Crippen molar-refractivity contribution in [3.05, 3.63) is 71.8 Å². The summed E-state index contributed by atoms with van der Waals surface area (Å²) in [6, 6.07) is 12.8. The van der Waals surface area contributed by atoms with E-state index in [0.29, 0.717) is 23.1 Å². The first-order valence-electron chi connectivity index (χ1n) is 10.4. The first-order valence-corrected chi connectivity index (χ1v) is 10.4. The summed E-state index contributed by atoms with van der Waals surface area (Å²) in [5.74, 6) is 2.88. The zero-order valence-electron chi connectivity index (χ0n) is 18.3. The van der Waals surface area contributed by atoms with Gasteiger partial charge in [-0.1, -0.05) is 38.1 Å². The third-order valence-corrected chi connectivity index (χ3v) is 4.67. The zero-order valence-corrected chi connectivity index (χ0v) is 18.3. The van der Waals surface area contributed by atoms with Crippen molar-refractivity contribution in [3.8, 4) is 11.5 Å². The first kappa shape index (κ1) is 21.3. The Morgan fingerprint density at radius 1 is 1.19 bits per heavy atom. The third kappa shape index (κ3) is 5.40. The van der Waals surface area contributed by atoms with E-state index in [0.717, 1.165) is 30.2 Å². The van der Waals surface area contributed by atoms with Crippen LogP contribution >= 0.6 is 0 Å². The maximum absolute atomic E-state index is 12.2. The molecule has 1 aromatic carbocycles. The van der Waals surface area contributed by atoms with Gasteiger partial charge in [-0.05, 0) is 29.8 Å². The molecule has 8 heteroatoms. The fourth-order valence-corrected chi connectivity index (χ4v) is 3.02. The van der Waals surface area contributed by atoms with Crippen molar-refractivity contribution >= 4 is 23.6 Å². The first-order chi connectivity index (χ1) is 15.4. The van der Waals surface area contributed by atoms with E-state index in [2.05, 4.69) is 25.8 Å². The normalized spacial score (nSPS) is 13.7. The number of aliphatic imine (C=N–C) groups is 1. The molecule has 0 atom stereocenters. The number of hydrogen-bond donors (Lipinski definition) is 2. The Bertz CT molecular complexity index is 1170. The summed E-state index contributed by atoms with van der Waals surface area (Å²) in [6.45, 7) is 7.61. The molecule has 0 radical (unpaired) electrons. The number of nitrogens with one attached hydrogen (secondary N) is 2. The fraction of sp³-hybridized carbons (Fsp3) is 0.250. The van der Waals surface area contributed by atoms with Gasteiger partial charge < -0.3 is 19.9 Å². The van der Waals surface area contributed by atoms with Crippen LogP contribution in [0.4, 0.5) is 5.82 Å². The molecule has 32 heavy (non-hydrogen) atoms. The number of carbonyl (C=O) groups excluding carboxylic acids is 1. The predicted molar refractivity (Wildman–Crippen MR) is 123 cm³/mol. The quantitative estimate of drug-likeness (QED) is 0.568. The summed E-state index contributed by atoms with van der Waals surface area (Å²) in [5, 5.41) is 9.80. The van der Waals surface area contributed by atoms with E-state index in [9.17, 15) is 4.79 Å². The van der Waals surface area contributed by atoms with Crippen LogP contribution < -0.4 is 15.4 Å². The van der Waals surface area contributed by atoms with Crippen LogP contribution in [0.1, 0.15) is 37.8 Å². The summed E-state index contributed by atoms with van der Waals surface area (Å²) in [7, 11) is 0. The maximum Gasteiger partial charge on any atom is 0.249 e. The summed E-state index contributed by atoms with van der Waals surface area (Å²) in [4.78, 5) is 21.0. The van der Waals surface area contributed by atoms with Crippen molar-refractivity contribution in [3.63, 3.8) is 0 Å². The molecule has 0 fully saturated rings.